The summed E-state index contributed by atoms with van der Waals surface area (Å²) in [6.45, 7) is 4.32. The minimum atomic E-state index is -4.93. The maximum absolute atomic E-state index is 13.1. The van der Waals surface area contributed by atoms with E-state index >= 15 is 0 Å². The van der Waals surface area contributed by atoms with Crippen LogP contribution in [0.25, 0.3) is 0 Å². The predicted molar refractivity (Wildman–Crippen MR) is 117 cm³/mol. The Balaban J connectivity index is 1.59. The summed E-state index contributed by atoms with van der Waals surface area (Å²) in [5.41, 5.74) is -2.97. The van der Waals surface area contributed by atoms with Gasteiger partial charge in [-0.2, -0.15) is 26.3 Å². The van der Waals surface area contributed by atoms with E-state index in [4.69, 9.17) is 0 Å². The van der Waals surface area contributed by atoms with Gasteiger partial charge < -0.3 is 4.90 Å². The summed E-state index contributed by atoms with van der Waals surface area (Å²) in [6, 6.07) is 1.61. The van der Waals surface area contributed by atoms with Gasteiger partial charge in [-0.05, 0) is 43.0 Å². The van der Waals surface area contributed by atoms with Crippen LogP contribution in [-0.2, 0) is 33.6 Å². The first kappa shape index (κ1) is 27.7. The Morgan fingerprint density at radius 3 is 1.83 bits per heavy atom. The average Bonchev–Trinajstić information content (AvgIpc) is 2.77. The maximum Gasteiger partial charge on any atom is 0.416 e. The van der Waals surface area contributed by atoms with Crippen molar-refractivity contribution in [3.05, 3.63) is 34.9 Å². The number of piperidine rings is 1. The Morgan fingerprint density at radius 1 is 0.914 bits per heavy atom. The summed E-state index contributed by atoms with van der Waals surface area (Å²) in [6.07, 6.45) is -7.55. The summed E-state index contributed by atoms with van der Waals surface area (Å²) < 4.78 is 103. The van der Waals surface area contributed by atoms with E-state index in [1.54, 1.807) is 4.90 Å². The van der Waals surface area contributed by atoms with Crippen molar-refractivity contribution in [2.24, 2.45) is 5.92 Å². The van der Waals surface area contributed by atoms with Gasteiger partial charge in [-0.25, -0.2) is 12.7 Å². The van der Waals surface area contributed by atoms with E-state index in [0.717, 1.165) is 0 Å². The predicted octanol–water partition coefficient (Wildman–Crippen LogP) is 3.47. The highest BCUT2D eigenvalue weighted by Gasteiger charge is 2.37. The van der Waals surface area contributed by atoms with Crippen LogP contribution in [-0.4, -0.2) is 80.0 Å². The third kappa shape index (κ3) is 7.10. The van der Waals surface area contributed by atoms with E-state index in [-0.39, 0.29) is 30.0 Å². The van der Waals surface area contributed by atoms with Gasteiger partial charge in [0.25, 0.3) is 0 Å². The molecule has 0 unspecified atom stereocenters. The van der Waals surface area contributed by atoms with Gasteiger partial charge in [0.2, 0.25) is 15.9 Å². The monoisotopic (exact) mass is 529 g/mol. The first-order chi connectivity index (χ1) is 16.1. The number of rotatable bonds is 5. The third-order valence-electron chi connectivity index (χ3n) is 6.65. The van der Waals surface area contributed by atoms with Crippen molar-refractivity contribution in [2.45, 2.75) is 44.6 Å². The average molecular weight is 530 g/mol. The molecule has 1 amide bonds. The minimum Gasteiger partial charge on any atom is -0.340 e. The number of benzene rings is 1. The van der Waals surface area contributed by atoms with Crippen LogP contribution in [0.4, 0.5) is 26.3 Å². The highest BCUT2D eigenvalue weighted by molar-refractivity contribution is 7.88. The minimum absolute atomic E-state index is 0.0790. The lowest BCUT2D eigenvalue weighted by Crippen LogP contribution is -2.55. The van der Waals surface area contributed by atoms with Gasteiger partial charge in [0.05, 0.1) is 17.4 Å². The molecule has 0 bridgehead atoms. The number of carbonyl (C=O) groups excluding carboxylic acids is 1. The molecule has 0 spiro atoms. The Hall–Kier alpha value is -1.86. The molecule has 13 heteroatoms. The topological polar surface area (TPSA) is 60.9 Å². The molecule has 35 heavy (non-hydrogen) atoms. The Bertz CT molecular complexity index is 980. The van der Waals surface area contributed by atoms with E-state index in [9.17, 15) is 39.6 Å². The number of carbonyl (C=O) groups is 1. The van der Waals surface area contributed by atoms with Crippen molar-refractivity contribution in [2.75, 3.05) is 45.5 Å². The highest BCUT2D eigenvalue weighted by atomic mass is 32.2. The van der Waals surface area contributed by atoms with Crippen LogP contribution in [0.3, 0.4) is 0 Å². The molecule has 0 aliphatic carbocycles. The Kier molecular flexibility index (Phi) is 8.12. The van der Waals surface area contributed by atoms with Crippen molar-refractivity contribution < 1.29 is 39.6 Å². The van der Waals surface area contributed by atoms with Crippen LogP contribution < -0.4 is 0 Å². The smallest absolute Gasteiger partial charge is 0.340 e. The first-order valence-corrected chi connectivity index (χ1v) is 13.2. The van der Waals surface area contributed by atoms with Gasteiger partial charge >= 0.3 is 12.4 Å². The fraction of sp³-hybridized carbons (Fsp3) is 0.682. The van der Waals surface area contributed by atoms with Crippen molar-refractivity contribution in [3.63, 3.8) is 0 Å². The summed E-state index contributed by atoms with van der Waals surface area (Å²) in [5, 5.41) is 0. The highest BCUT2D eigenvalue weighted by Crippen LogP contribution is 2.37. The molecule has 2 aliphatic rings. The fourth-order valence-corrected chi connectivity index (χ4v) is 5.61. The van der Waals surface area contributed by atoms with Gasteiger partial charge in [-0.3, -0.25) is 9.69 Å². The summed E-state index contributed by atoms with van der Waals surface area (Å²) >= 11 is 0. The zero-order valence-corrected chi connectivity index (χ0v) is 20.3. The number of amides is 1. The maximum atomic E-state index is 13.1. The molecule has 2 aliphatic heterocycles. The molecule has 2 saturated heterocycles. The molecule has 198 valence electrons. The molecular weight excluding hydrogens is 500 g/mol. The Morgan fingerprint density at radius 2 is 1.40 bits per heavy atom. The largest absolute Gasteiger partial charge is 0.416 e. The van der Waals surface area contributed by atoms with E-state index in [1.165, 1.54) is 17.5 Å². The first-order valence-electron chi connectivity index (χ1n) is 11.3. The van der Waals surface area contributed by atoms with Crippen LogP contribution in [0.5, 0.6) is 0 Å². The number of piperazine rings is 1. The van der Waals surface area contributed by atoms with Crippen molar-refractivity contribution in [1.82, 2.24) is 14.1 Å². The molecule has 2 heterocycles. The normalized spacial score (nSPS) is 20.7. The van der Waals surface area contributed by atoms with Crippen LogP contribution in [0, 0.1) is 5.92 Å². The summed E-state index contributed by atoms with van der Waals surface area (Å²) in [4.78, 5) is 16.7. The number of halogens is 6. The number of hydrogen-bond acceptors (Lipinski definition) is 4. The van der Waals surface area contributed by atoms with E-state index in [0.29, 0.717) is 64.2 Å². The second kappa shape index (κ2) is 10.3. The SMILES string of the molecule is C[C@H](Cc1cc(C(F)(F)F)cc(C(F)(F)F)c1)C(=O)N1CCN(C2CCN(S(C)(=O)=O)CC2)CC1. The van der Waals surface area contributed by atoms with E-state index in [1.807, 2.05) is 0 Å². The number of sulfonamides is 1. The van der Waals surface area contributed by atoms with Gasteiger partial charge in [0.1, 0.15) is 0 Å². The summed E-state index contributed by atoms with van der Waals surface area (Å²) in [5.74, 6) is -1.10. The van der Waals surface area contributed by atoms with Crippen molar-refractivity contribution >= 4 is 15.9 Å². The summed E-state index contributed by atoms with van der Waals surface area (Å²) in [7, 11) is -3.22. The van der Waals surface area contributed by atoms with Crippen molar-refractivity contribution in [1.29, 1.82) is 0 Å². The lowest BCUT2D eigenvalue weighted by Gasteiger charge is -2.42. The van der Waals surface area contributed by atoms with Gasteiger partial charge in [0, 0.05) is 51.2 Å². The standard InChI is InChI=1S/C22H29F6N3O3S/c1-15(11-16-12-17(21(23,24)25)14-18(13-16)22(26,27)28)20(32)30-9-7-29(8-10-30)19-3-5-31(6-4-19)35(2,33)34/h12-15,19H,3-11H2,1-2H3/t15-/m1/s1. The lowest BCUT2D eigenvalue weighted by atomic mass is 9.95. The molecule has 0 saturated carbocycles. The lowest BCUT2D eigenvalue weighted by molar-refractivity contribution is -0.143. The molecular formula is C22H29F6N3O3S. The fourth-order valence-electron chi connectivity index (χ4n) is 4.74. The number of hydrogen-bond donors (Lipinski definition) is 0. The zero-order valence-electron chi connectivity index (χ0n) is 19.5. The molecule has 0 radical (unpaired) electrons. The second-order valence-corrected chi connectivity index (χ2v) is 11.3. The molecule has 1 atom stereocenters. The number of nitrogens with zero attached hydrogens (tertiary/aromatic N) is 3. The van der Waals surface area contributed by atoms with Crippen LogP contribution in [0.1, 0.15) is 36.5 Å². The van der Waals surface area contributed by atoms with Crippen LogP contribution in [0.15, 0.2) is 18.2 Å². The van der Waals surface area contributed by atoms with E-state index < -0.39 is 39.4 Å². The van der Waals surface area contributed by atoms with Gasteiger partial charge in [0.15, 0.2) is 0 Å². The van der Waals surface area contributed by atoms with Gasteiger partial charge in [-0.15, -0.1) is 0 Å². The molecule has 6 nitrogen and oxygen atoms in total. The molecule has 3 rings (SSSR count). The molecule has 2 fully saturated rings. The molecule has 0 N–H and O–H groups in total. The third-order valence-corrected chi connectivity index (χ3v) is 7.95. The quantitative estimate of drug-likeness (QED) is 0.549. The number of alkyl halides is 6. The van der Waals surface area contributed by atoms with Gasteiger partial charge in [-0.1, -0.05) is 6.92 Å². The van der Waals surface area contributed by atoms with Crippen LogP contribution >= 0.6 is 0 Å². The van der Waals surface area contributed by atoms with E-state index in [2.05, 4.69) is 4.90 Å². The zero-order chi connectivity index (χ0) is 26.2. The molecule has 0 aromatic heterocycles. The van der Waals surface area contributed by atoms with Crippen LogP contribution in [0.2, 0.25) is 0 Å². The Labute approximate surface area is 200 Å². The molecule has 1 aromatic rings. The second-order valence-electron chi connectivity index (χ2n) is 9.27. The molecule has 1 aromatic carbocycles. The van der Waals surface area contributed by atoms with Crippen molar-refractivity contribution in [3.8, 4) is 0 Å².